The summed E-state index contributed by atoms with van der Waals surface area (Å²) in [4.78, 5) is 47.0. The summed E-state index contributed by atoms with van der Waals surface area (Å²) < 4.78 is 13.7. The van der Waals surface area contributed by atoms with Crippen molar-refractivity contribution in [1.82, 2.24) is 15.1 Å². The molecule has 2 aliphatic heterocycles. The number of carbonyl (C=O) groups excluding carboxylic acids is 3. The minimum Gasteiger partial charge on any atom is -0.341 e. The molecule has 0 spiro atoms. The highest BCUT2D eigenvalue weighted by molar-refractivity contribution is 6.10. The van der Waals surface area contributed by atoms with E-state index in [2.05, 4.69) is 15.6 Å². The molecule has 0 radical (unpaired) electrons. The Kier molecular flexibility index (Phi) is 8.30. The summed E-state index contributed by atoms with van der Waals surface area (Å²) >= 11 is 0. The number of aryl methyl sites for hydroxylation is 1. The first kappa shape index (κ1) is 25.3. The first-order chi connectivity index (χ1) is 17.4. The van der Waals surface area contributed by atoms with Crippen molar-refractivity contribution >= 4 is 29.4 Å². The molecule has 4 rings (SSSR count). The van der Waals surface area contributed by atoms with Crippen LogP contribution in [-0.4, -0.2) is 65.7 Å². The van der Waals surface area contributed by atoms with Crippen molar-refractivity contribution in [2.75, 3.05) is 31.5 Å². The van der Waals surface area contributed by atoms with Crippen LogP contribution in [0.25, 0.3) is 0 Å². The standard InChI is InChI=1S/C27H32FN5O3/c1-19-8-6-11-22(16-19)29-27(31-25(35)20-9-7-10-21(28)17-20)30-23-12-2-3-15-33(26(23)36)18-24(34)32-13-4-5-14-32/h6-11,16-17,23H,2-5,12-15,18H2,1H3,(H2,29,30,31,35). The SMILES string of the molecule is Cc1cccc(NC(=NC2CCCCN(CC(=O)N3CCCC3)C2=O)NC(=O)c2cccc(F)c2)c1. The fourth-order valence-corrected chi connectivity index (χ4v) is 4.51. The number of nitrogens with one attached hydrogen (secondary N) is 2. The lowest BCUT2D eigenvalue weighted by molar-refractivity contribution is -0.140. The summed E-state index contributed by atoms with van der Waals surface area (Å²) in [5.41, 5.74) is 1.84. The van der Waals surface area contributed by atoms with E-state index in [1.54, 1.807) is 9.80 Å². The molecule has 2 N–H and O–H groups in total. The molecule has 190 valence electrons. The van der Waals surface area contributed by atoms with E-state index in [4.69, 9.17) is 0 Å². The number of aliphatic imine (C=N–C) groups is 1. The van der Waals surface area contributed by atoms with Crippen LogP contribution in [0.5, 0.6) is 0 Å². The maximum atomic E-state index is 13.7. The number of nitrogens with zero attached hydrogens (tertiary/aromatic N) is 3. The smallest absolute Gasteiger partial charge is 0.258 e. The Morgan fingerprint density at radius 1 is 1.03 bits per heavy atom. The first-order valence-corrected chi connectivity index (χ1v) is 12.4. The van der Waals surface area contributed by atoms with Gasteiger partial charge in [0.25, 0.3) is 5.91 Å². The second kappa shape index (κ2) is 11.8. The number of amides is 3. The van der Waals surface area contributed by atoms with E-state index in [1.807, 2.05) is 31.2 Å². The fourth-order valence-electron chi connectivity index (χ4n) is 4.51. The van der Waals surface area contributed by atoms with E-state index >= 15 is 0 Å². The maximum Gasteiger partial charge on any atom is 0.258 e. The van der Waals surface area contributed by atoms with Crippen LogP contribution < -0.4 is 10.6 Å². The Morgan fingerprint density at radius 2 is 1.78 bits per heavy atom. The summed E-state index contributed by atoms with van der Waals surface area (Å²) in [7, 11) is 0. The minimum absolute atomic E-state index is 0.0389. The molecular formula is C27H32FN5O3. The molecule has 3 amide bonds. The summed E-state index contributed by atoms with van der Waals surface area (Å²) in [5, 5.41) is 5.81. The number of guanidine groups is 1. The van der Waals surface area contributed by atoms with Gasteiger partial charge < -0.3 is 15.1 Å². The van der Waals surface area contributed by atoms with Crippen molar-refractivity contribution in [3.8, 4) is 0 Å². The molecule has 0 saturated carbocycles. The Hall–Kier alpha value is -3.75. The van der Waals surface area contributed by atoms with E-state index in [-0.39, 0.29) is 29.9 Å². The lowest BCUT2D eigenvalue weighted by Crippen LogP contribution is -2.45. The molecule has 2 fully saturated rings. The van der Waals surface area contributed by atoms with Crippen LogP contribution in [0.15, 0.2) is 53.5 Å². The van der Waals surface area contributed by atoms with Crippen LogP contribution in [0.2, 0.25) is 0 Å². The molecular weight excluding hydrogens is 461 g/mol. The van der Waals surface area contributed by atoms with Crippen molar-refractivity contribution in [3.05, 3.63) is 65.5 Å². The largest absolute Gasteiger partial charge is 0.341 e. The molecule has 0 aromatic heterocycles. The van der Waals surface area contributed by atoms with Crippen LogP contribution >= 0.6 is 0 Å². The van der Waals surface area contributed by atoms with Gasteiger partial charge in [0.15, 0.2) is 0 Å². The summed E-state index contributed by atoms with van der Waals surface area (Å²) in [5.74, 6) is -1.24. The predicted molar refractivity (Wildman–Crippen MR) is 136 cm³/mol. The molecule has 2 heterocycles. The van der Waals surface area contributed by atoms with Gasteiger partial charge >= 0.3 is 0 Å². The first-order valence-electron chi connectivity index (χ1n) is 12.4. The number of rotatable bonds is 5. The Bertz CT molecular complexity index is 1150. The van der Waals surface area contributed by atoms with Crippen molar-refractivity contribution in [2.24, 2.45) is 4.99 Å². The zero-order chi connectivity index (χ0) is 25.5. The van der Waals surface area contributed by atoms with Gasteiger partial charge in [-0.1, -0.05) is 18.2 Å². The highest BCUT2D eigenvalue weighted by atomic mass is 19.1. The Balaban J connectivity index is 1.56. The molecule has 2 aromatic carbocycles. The highest BCUT2D eigenvalue weighted by Gasteiger charge is 2.30. The van der Waals surface area contributed by atoms with Crippen LogP contribution in [0.4, 0.5) is 10.1 Å². The van der Waals surface area contributed by atoms with Gasteiger partial charge in [0.05, 0.1) is 6.54 Å². The van der Waals surface area contributed by atoms with Gasteiger partial charge in [-0.15, -0.1) is 0 Å². The number of hydrogen-bond donors (Lipinski definition) is 2. The number of anilines is 1. The lowest BCUT2D eigenvalue weighted by atomic mass is 10.1. The number of hydrogen-bond acceptors (Lipinski definition) is 4. The third kappa shape index (κ3) is 6.68. The maximum absolute atomic E-state index is 13.7. The second-order valence-electron chi connectivity index (χ2n) is 9.30. The van der Waals surface area contributed by atoms with Crippen LogP contribution in [0.1, 0.15) is 48.0 Å². The third-order valence-electron chi connectivity index (χ3n) is 6.42. The minimum atomic E-state index is -0.751. The van der Waals surface area contributed by atoms with Gasteiger partial charge in [-0.2, -0.15) is 0 Å². The average Bonchev–Trinajstić information content (AvgIpc) is 3.34. The van der Waals surface area contributed by atoms with E-state index in [0.717, 1.165) is 50.4 Å². The molecule has 8 nitrogen and oxygen atoms in total. The lowest BCUT2D eigenvalue weighted by Gasteiger charge is -2.25. The highest BCUT2D eigenvalue weighted by Crippen LogP contribution is 2.18. The molecule has 0 aliphatic carbocycles. The fraction of sp³-hybridized carbons (Fsp3) is 0.407. The number of carbonyl (C=O) groups is 3. The molecule has 1 atom stereocenters. The van der Waals surface area contributed by atoms with Crippen LogP contribution in [0.3, 0.4) is 0 Å². The summed E-state index contributed by atoms with van der Waals surface area (Å²) in [6.07, 6.45) is 4.03. The van der Waals surface area contributed by atoms with E-state index < -0.39 is 17.8 Å². The average molecular weight is 494 g/mol. The molecule has 0 bridgehead atoms. The summed E-state index contributed by atoms with van der Waals surface area (Å²) in [6.45, 7) is 3.96. The van der Waals surface area contributed by atoms with Gasteiger partial charge in [0, 0.05) is 30.9 Å². The molecule has 2 aliphatic rings. The molecule has 9 heteroatoms. The molecule has 2 aromatic rings. The quantitative estimate of drug-likeness (QED) is 0.494. The zero-order valence-corrected chi connectivity index (χ0v) is 20.5. The van der Waals surface area contributed by atoms with E-state index in [9.17, 15) is 18.8 Å². The summed E-state index contributed by atoms with van der Waals surface area (Å²) in [6, 6.07) is 12.1. The van der Waals surface area contributed by atoms with Crippen molar-refractivity contribution in [2.45, 2.75) is 45.1 Å². The monoisotopic (exact) mass is 493 g/mol. The second-order valence-corrected chi connectivity index (χ2v) is 9.30. The van der Waals surface area contributed by atoms with Crippen LogP contribution in [0, 0.1) is 12.7 Å². The number of benzene rings is 2. The van der Waals surface area contributed by atoms with Gasteiger partial charge in [-0.05, 0) is 74.9 Å². The molecule has 36 heavy (non-hydrogen) atoms. The van der Waals surface area contributed by atoms with Gasteiger partial charge in [-0.25, -0.2) is 9.38 Å². The van der Waals surface area contributed by atoms with Gasteiger partial charge in [0.1, 0.15) is 11.9 Å². The van der Waals surface area contributed by atoms with Gasteiger partial charge in [-0.3, -0.25) is 19.7 Å². The predicted octanol–water partition coefficient (Wildman–Crippen LogP) is 3.34. The number of halogens is 1. The topological polar surface area (TPSA) is 94.1 Å². The van der Waals surface area contributed by atoms with Gasteiger partial charge in [0.2, 0.25) is 17.8 Å². The Labute approximate surface area is 210 Å². The van der Waals surface area contributed by atoms with Crippen molar-refractivity contribution in [3.63, 3.8) is 0 Å². The molecule has 1 unspecified atom stereocenters. The Morgan fingerprint density at radius 3 is 2.53 bits per heavy atom. The van der Waals surface area contributed by atoms with E-state index in [1.165, 1.54) is 18.2 Å². The van der Waals surface area contributed by atoms with Crippen LogP contribution in [-0.2, 0) is 9.59 Å². The molecule has 2 saturated heterocycles. The third-order valence-corrected chi connectivity index (χ3v) is 6.42. The normalized spacial score (nSPS) is 18.7. The van der Waals surface area contributed by atoms with E-state index in [0.29, 0.717) is 18.7 Å². The van der Waals surface area contributed by atoms with Crippen molar-refractivity contribution in [1.29, 1.82) is 0 Å². The number of likely N-dealkylation sites (tertiary alicyclic amines) is 2. The van der Waals surface area contributed by atoms with Crippen molar-refractivity contribution < 1.29 is 18.8 Å². The zero-order valence-electron chi connectivity index (χ0n) is 20.5.